The zero-order chi connectivity index (χ0) is 11.4. The largest absolute Gasteiger partial charge is 0.456 e. The van der Waals surface area contributed by atoms with Crippen molar-refractivity contribution in [3.05, 3.63) is 54.1 Å². The molecular weight excluding hydrogens is 209 g/mol. The van der Waals surface area contributed by atoms with Crippen molar-refractivity contribution < 1.29 is 13.9 Å². The Bertz CT molecular complexity index is 500. The third kappa shape index (κ3) is 2.23. The number of carbonyl (C=O) groups excluding carboxylic acids is 1. The summed E-state index contributed by atoms with van der Waals surface area (Å²) < 4.78 is 18.4. The monoisotopic (exact) mass is 217 g/mol. The molecule has 1 aromatic carbocycles. The molecule has 1 aromatic heterocycles. The van der Waals surface area contributed by atoms with E-state index in [2.05, 4.69) is 4.98 Å². The number of aldehydes is 1. The average molecular weight is 217 g/mol. The Hall–Kier alpha value is -2.23. The Morgan fingerprint density at radius 3 is 2.81 bits per heavy atom. The van der Waals surface area contributed by atoms with E-state index in [9.17, 15) is 9.18 Å². The van der Waals surface area contributed by atoms with Gasteiger partial charge in [-0.05, 0) is 30.3 Å². The van der Waals surface area contributed by atoms with E-state index < -0.39 is 5.82 Å². The average Bonchev–Trinajstić information content (AvgIpc) is 2.33. The van der Waals surface area contributed by atoms with E-state index in [0.29, 0.717) is 17.8 Å². The van der Waals surface area contributed by atoms with Crippen LogP contribution in [0.15, 0.2) is 42.7 Å². The van der Waals surface area contributed by atoms with Crippen LogP contribution >= 0.6 is 0 Å². The predicted molar refractivity (Wildman–Crippen MR) is 56.1 cm³/mol. The van der Waals surface area contributed by atoms with E-state index in [1.807, 2.05) is 0 Å². The molecule has 0 saturated carbocycles. The molecule has 16 heavy (non-hydrogen) atoms. The third-order valence-corrected chi connectivity index (χ3v) is 1.96. The molecule has 0 aliphatic rings. The van der Waals surface area contributed by atoms with Gasteiger partial charge in [0.05, 0.1) is 11.8 Å². The summed E-state index contributed by atoms with van der Waals surface area (Å²) in [6.07, 6.45) is 3.60. The fourth-order valence-electron chi connectivity index (χ4n) is 1.22. The highest BCUT2D eigenvalue weighted by atomic mass is 19.1. The molecule has 0 N–H and O–H groups in total. The fraction of sp³-hybridized carbons (Fsp3) is 0. The first-order valence-corrected chi connectivity index (χ1v) is 4.62. The van der Waals surface area contributed by atoms with Gasteiger partial charge in [0.2, 0.25) is 0 Å². The van der Waals surface area contributed by atoms with Gasteiger partial charge in [0.15, 0.2) is 6.29 Å². The van der Waals surface area contributed by atoms with Crippen LogP contribution in [0.4, 0.5) is 4.39 Å². The van der Waals surface area contributed by atoms with Gasteiger partial charge >= 0.3 is 0 Å². The summed E-state index contributed by atoms with van der Waals surface area (Å²) in [5.41, 5.74) is -0.0265. The van der Waals surface area contributed by atoms with Crippen molar-refractivity contribution >= 4 is 6.29 Å². The maximum Gasteiger partial charge on any atom is 0.153 e. The lowest BCUT2D eigenvalue weighted by atomic mass is 10.2. The van der Waals surface area contributed by atoms with Crippen LogP contribution in [-0.2, 0) is 0 Å². The Kier molecular flexibility index (Phi) is 2.91. The number of carbonyl (C=O) groups is 1. The summed E-state index contributed by atoms with van der Waals surface area (Å²) in [6.45, 7) is 0. The second-order valence-electron chi connectivity index (χ2n) is 3.09. The number of ether oxygens (including phenoxy) is 1. The lowest BCUT2D eigenvalue weighted by Crippen LogP contribution is -1.90. The standard InChI is InChI=1S/C12H8FNO2/c13-12-4-3-10(6-9(12)8-15)16-11-2-1-5-14-7-11/h1-8H. The number of pyridine rings is 1. The summed E-state index contributed by atoms with van der Waals surface area (Å²) >= 11 is 0. The predicted octanol–water partition coefficient (Wildman–Crippen LogP) is 2.83. The van der Waals surface area contributed by atoms with Crippen LogP contribution in [0.1, 0.15) is 10.4 Å². The summed E-state index contributed by atoms with van der Waals surface area (Å²) in [7, 11) is 0. The number of aromatic nitrogens is 1. The van der Waals surface area contributed by atoms with Gasteiger partial charge in [0, 0.05) is 6.20 Å². The molecule has 80 valence electrons. The Labute approximate surface area is 91.5 Å². The van der Waals surface area contributed by atoms with Crippen LogP contribution in [0.2, 0.25) is 0 Å². The first kappa shape index (κ1) is 10.3. The van der Waals surface area contributed by atoms with Crippen LogP contribution in [-0.4, -0.2) is 11.3 Å². The van der Waals surface area contributed by atoms with Crippen molar-refractivity contribution in [1.29, 1.82) is 0 Å². The molecule has 2 aromatic rings. The smallest absolute Gasteiger partial charge is 0.153 e. The lowest BCUT2D eigenvalue weighted by Gasteiger charge is -2.05. The highest BCUT2D eigenvalue weighted by Crippen LogP contribution is 2.21. The molecule has 4 heteroatoms. The van der Waals surface area contributed by atoms with Crippen LogP contribution in [0.5, 0.6) is 11.5 Å². The van der Waals surface area contributed by atoms with Crippen molar-refractivity contribution in [3.63, 3.8) is 0 Å². The molecule has 1 heterocycles. The second kappa shape index (κ2) is 4.53. The maximum atomic E-state index is 13.0. The quantitative estimate of drug-likeness (QED) is 0.742. The second-order valence-corrected chi connectivity index (χ2v) is 3.09. The van der Waals surface area contributed by atoms with Crippen LogP contribution in [0.25, 0.3) is 0 Å². The van der Waals surface area contributed by atoms with Gasteiger partial charge in [-0.1, -0.05) is 0 Å². The molecule has 0 unspecified atom stereocenters. The number of hydrogen-bond acceptors (Lipinski definition) is 3. The highest BCUT2D eigenvalue weighted by molar-refractivity contribution is 5.76. The maximum absolute atomic E-state index is 13.0. The molecule has 0 spiro atoms. The van der Waals surface area contributed by atoms with E-state index in [4.69, 9.17) is 4.74 Å². The van der Waals surface area contributed by atoms with E-state index in [0.717, 1.165) is 0 Å². The zero-order valence-electron chi connectivity index (χ0n) is 8.26. The lowest BCUT2D eigenvalue weighted by molar-refractivity contribution is 0.111. The summed E-state index contributed by atoms with van der Waals surface area (Å²) in [5, 5.41) is 0. The summed E-state index contributed by atoms with van der Waals surface area (Å²) in [4.78, 5) is 14.4. The van der Waals surface area contributed by atoms with Crippen LogP contribution in [0, 0.1) is 5.82 Å². The number of rotatable bonds is 3. The molecule has 0 atom stereocenters. The molecule has 0 radical (unpaired) electrons. The molecule has 0 aliphatic carbocycles. The number of hydrogen-bond donors (Lipinski definition) is 0. The van der Waals surface area contributed by atoms with E-state index in [1.165, 1.54) is 24.4 Å². The van der Waals surface area contributed by atoms with Gasteiger partial charge in [-0.3, -0.25) is 9.78 Å². The first-order chi connectivity index (χ1) is 7.79. The molecular formula is C12H8FNO2. The molecule has 0 fully saturated rings. The van der Waals surface area contributed by atoms with E-state index >= 15 is 0 Å². The van der Waals surface area contributed by atoms with Gasteiger partial charge in [0.25, 0.3) is 0 Å². The highest BCUT2D eigenvalue weighted by Gasteiger charge is 2.03. The van der Waals surface area contributed by atoms with Crippen molar-refractivity contribution in [2.24, 2.45) is 0 Å². The fourth-order valence-corrected chi connectivity index (χ4v) is 1.22. The molecule has 0 aliphatic heterocycles. The number of benzene rings is 1. The summed E-state index contributed by atoms with van der Waals surface area (Å²) in [6, 6.07) is 7.43. The van der Waals surface area contributed by atoms with Gasteiger partial charge in [0.1, 0.15) is 17.3 Å². The zero-order valence-corrected chi connectivity index (χ0v) is 8.26. The molecule has 0 bridgehead atoms. The van der Waals surface area contributed by atoms with Crippen molar-refractivity contribution in [1.82, 2.24) is 4.98 Å². The Balaban J connectivity index is 2.26. The van der Waals surface area contributed by atoms with E-state index in [1.54, 1.807) is 18.3 Å². The molecule has 3 nitrogen and oxygen atoms in total. The number of nitrogens with zero attached hydrogens (tertiary/aromatic N) is 1. The Morgan fingerprint density at radius 2 is 2.12 bits per heavy atom. The van der Waals surface area contributed by atoms with Crippen LogP contribution in [0.3, 0.4) is 0 Å². The normalized spacial score (nSPS) is 9.81. The third-order valence-electron chi connectivity index (χ3n) is 1.96. The minimum atomic E-state index is -0.562. The summed E-state index contributed by atoms with van der Waals surface area (Å²) in [5.74, 6) is 0.371. The SMILES string of the molecule is O=Cc1cc(Oc2cccnc2)ccc1F. The van der Waals surface area contributed by atoms with Crippen LogP contribution < -0.4 is 4.74 Å². The van der Waals surface area contributed by atoms with Crippen molar-refractivity contribution in [3.8, 4) is 11.5 Å². The molecule has 2 rings (SSSR count). The minimum Gasteiger partial charge on any atom is -0.456 e. The Morgan fingerprint density at radius 1 is 1.25 bits per heavy atom. The van der Waals surface area contributed by atoms with E-state index in [-0.39, 0.29) is 5.56 Å². The van der Waals surface area contributed by atoms with Gasteiger partial charge in [-0.25, -0.2) is 4.39 Å². The van der Waals surface area contributed by atoms with Crippen molar-refractivity contribution in [2.75, 3.05) is 0 Å². The van der Waals surface area contributed by atoms with Gasteiger partial charge in [-0.2, -0.15) is 0 Å². The molecule has 0 amide bonds. The van der Waals surface area contributed by atoms with Gasteiger partial charge < -0.3 is 4.74 Å². The topological polar surface area (TPSA) is 39.2 Å². The molecule has 0 saturated heterocycles. The van der Waals surface area contributed by atoms with Crippen molar-refractivity contribution in [2.45, 2.75) is 0 Å². The first-order valence-electron chi connectivity index (χ1n) is 4.62. The number of halogens is 1. The minimum absolute atomic E-state index is 0.0265. The van der Waals surface area contributed by atoms with Gasteiger partial charge in [-0.15, -0.1) is 0 Å².